The van der Waals surface area contributed by atoms with Gasteiger partial charge in [0.2, 0.25) is 5.88 Å². The molecule has 17 heavy (non-hydrogen) atoms. The lowest BCUT2D eigenvalue weighted by atomic mass is 10.0. The molecule has 1 aliphatic rings. The summed E-state index contributed by atoms with van der Waals surface area (Å²) < 4.78 is 0. The second-order valence-corrected chi connectivity index (χ2v) is 4.88. The zero-order valence-corrected chi connectivity index (χ0v) is 10.2. The lowest BCUT2D eigenvalue weighted by Crippen LogP contribution is -2.24. The fourth-order valence-corrected chi connectivity index (χ4v) is 2.31. The summed E-state index contributed by atoms with van der Waals surface area (Å²) in [7, 11) is 0. The lowest BCUT2D eigenvalue weighted by Gasteiger charge is -2.17. The average Bonchev–Trinajstić information content (AvgIpc) is 2.63. The van der Waals surface area contributed by atoms with Crippen molar-refractivity contribution in [1.82, 2.24) is 14.9 Å². The summed E-state index contributed by atoms with van der Waals surface area (Å²) in [5.74, 6) is 1.50. The van der Waals surface area contributed by atoms with Crippen molar-refractivity contribution in [3.05, 3.63) is 17.7 Å². The second kappa shape index (κ2) is 4.87. The molecule has 1 aromatic heterocycles. The SMILES string of the molecule is C[C](C)CN1CCC(c2cc(O)nc(O)n2)C1. The van der Waals surface area contributed by atoms with Crippen molar-refractivity contribution in [2.24, 2.45) is 0 Å². The fraction of sp³-hybridized carbons (Fsp3) is 0.583. The van der Waals surface area contributed by atoms with Crippen LogP contribution in [0.3, 0.4) is 0 Å². The summed E-state index contributed by atoms with van der Waals surface area (Å²) >= 11 is 0. The Morgan fingerprint density at radius 3 is 2.82 bits per heavy atom. The molecule has 2 heterocycles. The highest BCUT2D eigenvalue weighted by Gasteiger charge is 2.26. The summed E-state index contributed by atoms with van der Waals surface area (Å²) in [6.07, 6.45) is 1.00. The third kappa shape index (κ3) is 3.06. The van der Waals surface area contributed by atoms with Gasteiger partial charge in [-0.15, -0.1) is 0 Å². The molecule has 1 unspecified atom stereocenters. The van der Waals surface area contributed by atoms with Gasteiger partial charge in [-0.2, -0.15) is 9.97 Å². The summed E-state index contributed by atoms with van der Waals surface area (Å²) in [4.78, 5) is 9.79. The number of rotatable bonds is 3. The Labute approximate surface area is 101 Å². The fourth-order valence-electron chi connectivity index (χ4n) is 2.31. The predicted molar refractivity (Wildman–Crippen MR) is 63.8 cm³/mol. The van der Waals surface area contributed by atoms with E-state index in [0.29, 0.717) is 0 Å². The quantitative estimate of drug-likeness (QED) is 0.827. The topological polar surface area (TPSA) is 69.5 Å². The van der Waals surface area contributed by atoms with Crippen LogP contribution in [0.4, 0.5) is 0 Å². The van der Waals surface area contributed by atoms with E-state index in [0.717, 1.165) is 31.7 Å². The van der Waals surface area contributed by atoms with Gasteiger partial charge >= 0.3 is 6.01 Å². The van der Waals surface area contributed by atoms with E-state index in [1.54, 1.807) is 0 Å². The molecule has 1 saturated heterocycles. The van der Waals surface area contributed by atoms with Crippen LogP contribution in [0.25, 0.3) is 0 Å². The Morgan fingerprint density at radius 2 is 2.18 bits per heavy atom. The average molecular weight is 236 g/mol. The Kier molecular flexibility index (Phi) is 3.47. The van der Waals surface area contributed by atoms with Crippen molar-refractivity contribution in [3.8, 4) is 11.9 Å². The maximum atomic E-state index is 9.34. The number of aromatic hydroxyl groups is 2. The summed E-state index contributed by atoms with van der Waals surface area (Å²) in [6, 6.07) is 1.19. The van der Waals surface area contributed by atoms with Crippen molar-refractivity contribution in [1.29, 1.82) is 0 Å². The zero-order valence-electron chi connectivity index (χ0n) is 10.2. The lowest BCUT2D eigenvalue weighted by molar-refractivity contribution is 0.345. The summed E-state index contributed by atoms with van der Waals surface area (Å²) in [6.45, 7) is 7.19. The van der Waals surface area contributed by atoms with Gasteiger partial charge in [0, 0.05) is 25.1 Å². The number of hydrogen-bond acceptors (Lipinski definition) is 5. The molecule has 0 aliphatic carbocycles. The molecule has 0 spiro atoms. The van der Waals surface area contributed by atoms with Crippen LogP contribution in [-0.2, 0) is 0 Å². The van der Waals surface area contributed by atoms with Gasteiger partial charge in [-0.25, -0.2) is 0 Å². The first-order valence-electron chi connectivity index (χ1n) is 5.83. The van der Waals surface area contributed by atoms with Gasteiger partial charge in [-0.3, -0.25) is 0 Å². The van der Waals surface area contributed by atoms with E-state index < -0.39 is 0 Å². The number of likely N-dealkylation sites (tertiary alicyclic amines) is 1. The number of hydrogen-bond donors (Lipinski definition) is 2. The van der Waals surface area contributed by atoms with Crippen LogP contribution in [0.5, 0.6) is 11.9 Å². The standard InChI is InChI=1S/C12H18N3O2/c1-8(2)6-15-4-3-9(7-15)10-5-11(16)14-12(17)13-10/h5,9H,3-4,6-7H2,1-2H3,(H2,13,14,16,17). The molecule has 0 bridgehead atoms. The van der Waals surface area contributed by atoms with Crippen LogP contribution in [0.15, 0.2) is 6.07 Å². The van der Waals surface area contributed by atoms with E-state index in [-0.39, 0.29) is 17.8 Å². The van der Waals surface area contributed by atoms with Crippen molar-refractivity contribution in [2.75, 3.05) is 19.6 Å². The second-order valence-electron chi connectivity index (χ2n) is 4.88. The van der Waals surface area contributed by atoms with E-state index in [1.807, 2.05) is 0 Å². The molecule has 93 valence electrons. The minimum atomic E-state index is -0.350. The highest BCUT2D eigenvalue weighted by molar-refractivity contribution is 5.21. The van der Waals surface area contributed by atoms with E-state index >= 15 is 0 Å². The van der Waals surface area contributed by atoms with Gasteiger partial charge in [0.15, 0.2) is 0 Å². The van der Waals surface area contributed by atoms with Crippen molar-refractivity contribution < 1.29 is 10.2 Å². The first-order valence-corrected chi connectivity index (χ1v) is 5.83. The normalized spacial score (nSPS) is 21.2. The molecule has 1 fully saturated rings. The van der Waals surface area contributed by atoms with Crippen molar-refractivity contribution in [2.45, 2.75) is 26.2 Å². The van der Waals surface area contributed by atoms with Crippen LogP contribution in [0, 0.1) is 5.92 Å². The van der Waals surface area contributed by atoms with Crippen LogP contribution in [0.1, 0.15) is 31.9 Å². The van der Waals surface area contributed by atoms with Crippen molar-refractivity contribution >= 4 is 0 Å². The molecule has 1 aromatic rings. The third-order valence-electron chi connectivity index (χ3n) is 2.95. The monoisotopic (exact) mass is 236 g/mol. The van der Waals surface area contributed by atoms with E-state index in [4.69, 9.17) is 0 Å². The first kappa shape index (κ1) is 12.1. The van der Waals surface area contributed by atoms with Crippen LogP contribution < -0.4 is 0 Å². The van der Waals surface area contributed by atoms with Gasteiger partial charge in [-0.1, -0.05) is 13.8 Å². The molecule has 5 nitrogen and oxygen atoms in total. The van der Waals surface area contributed by atoms with E-state index in [2.05, 4.69) is 28.7 Å². The van der Waals surface area contributed by atoms with Gasteiger partial charge in [0.05, 0.1) is 5.69 Å². The van der Waals surface area contributed by atoms with Gasteiger partial charge in [0.1, 0.15) is 0 Å². The number of nitrogens with zero attached hydrogens (tertiary/aromatic N) is 3. The minimum Gasteiger partial charge on any atom is -0.493 e. The Morgan fingerprint density at radius 1 is 1.41 bits per heavy atom. The predicted octanol–water partition coefficient (Wildman–Crippen LogP) is 1.29. The molecule has 1 aliphatic heterocycles. The van der Waals surface area contributed by atoms with Crippen LogP contribution in [0.2, 0.25) is 0 Å². The molecule has 2 N–H and O–H groups in total. The smallest absolute Gasteiger partial charge is 0.317 e. The number of aromatic nitrogens is 2. The molecule has 0 amide bonds. The molecule has 2 rings (SSSR count). The molecule has 0 saturated carbocycles. The Balaban J connectivity index is 2.04. The summed E-state index contributed by atoms with van der Waals surface area (Å²) in [5, 5.41) is 18.6. The molecule has 5 heteroatoms. The molecular weight excluding hydrogens is 218 g/mol. The van der Waals surface area contributed by atoms with Gasteiger partial charge < -0.3 is 15.1 Å². The Hall–Kier alpha value is -1.36. The van der Waals surface area contributed by atoms with E-state index in [1.165, 1.54) is 12.0 Å². The highest BCUT2D eigenvalue weighted by Crippen LogP contribution is 2.28. The third-order valence-corrected chi connectivity index (χ3v) is 2.95. The van der Waals surface area contributed by atoms with Crippen LogP contribution in [-0.4, -0.2) is 44.7 Å². The first-order chi connectivity index (χ1) is 8.04. The highest BCUT2D eigenvalue weighted by atomic mass is 16.3. The molecule has 1 atom stereocenters. The largest absolute Gasteiger partial charge is 0.493 e. The zero-order chi connectivity index (χ0) is 12.4. The van der Waals surface area contributed by atoms with Gasteiger partial charge in [-0.05, 0) is 18.9 Å². The maximum Gasteiger partial charge on any atom is 0.317 e. The molecule has 1 radical (unpaired) electrons. The minimum absolute atomic E-state index is 0.163. The summed E-state index contributed by atoms with van der Waals surface area (Å²) in [5.41, 5.74) is 0.728. The van der Waals surface area contributed by atoms with E-state index in [9.17, 15) is 10.2 Å². The maximum absolute atomic E-state index is 9.34. The Bertz CT molecular complexity index is 375. The molecule has 0 aromatic carbocycles. The van der Waals surface area contributed by atoms with Gasteiger partial charge in [0.25, 0.3) is 0 Å². The van der Waals surface area contributed by atoms with Crippen molar-refractivity contribution in [3.63, 3.8) is 0 Å². The van der Waals surface area contributed by atoms with Crippen LogP contribution >= 0.6 is 0 Å². The molecular formula is C12H18N3O2.